The van der Waals surface area contributed by atoms with E-state index in [0.29, 0.717) is 4.88 Å². The quantitative estimate of drug-likeness (QED) is 0.743. The van der Waals surface area contributed by atoms with Crippen molar-refractivity contribution in [2.45, 2.75) is 32.0 Å². The van der Waals surface area contributed by atoms with Crippen LogP contribution in [0.2, 0.25) is 0 Å². The van der Waals surface area contributed by atoms with Gasteiger partial charge in [-0.3, -0.25) is 0 Å². The van der Waals surface area contributed by atoms with Crippen molar-refractivity contribution in [3.8, 4) is 0 Å². The molecule has 0 aliphatic rings. The zero-order valence-corrected chi connectivity index (χ0v) is 15.1. The topological polar surface area (TPSA) is 76.8 Å². The number of sulfonamides is 1. The van der Waals surface area contributed by atoms with Gasteiger partial charge in [-0.05, 0) is 37.1 Å². The molecule has 0 aliphatic heterocycles. The first-order chi connectivity index (χ1) is 10.8. The predicted molar refractivity (Wildman–Crippen MR) is 87.1 cm³/mol. The molecule has 0 bridgehead atoms. The summed E-state index contributed by atoms with van der Waals surface area (Å²) in [7, 11) is -0.787. The third-order valence-electron chi connectivity index (χ3n) is 3.26. The Morgan fingerprint density at radius 2 is 2.04 bits per heavy atom. The molecule has 2 aromatic heterocycles. The molecule has 2 rings (SSSR count). The van der Waals surface area contributed by atoms with Crippen LogP contribution >= 0.6 is 11.3 Å². The summed E-state index contributed by atoms with van der Waals surface area (Å²) in [4.78, 5) is 13.7. The number of esters is 1. The molecule has 0 saturated heterocycles. The minimum absolute atomic E-state index is 0.111. The highest BCUT2D eigenvalue weighted by Gasteiger charge is 2.22. The number of aryl methyl sites for hydroxylation is 2. The third kappa shape index (κ3) is 3.82. The molecule has 2 heterocycles. The van der Waals surface area contributed by atoms with Gasteiger partial charge in [0.1, 0.15) is 17.2 Å². The lowest BCUT2D eigenvalue weighted by atomic mass is 10.2. The zero-order valence-electron chi connectivity index (χ0n) is 13.5. The summed E-state index contributed by atoms with van der Waals surface area (Å²) in [6, 6.07) is 4.64. The van der Waals surface area contributed by atoms with Gasteiger partial charge in [-0.25, -0.2) is 17.5 Å². The number of carbonyl (C=O) groups excluding carboxylic acids is 1. The molecule has 0 aromatic carbocycles. The predicted octanol–water partition coefficient (Wildman–Crippen LogP) is 2.82. The van der Waals surface area contributed by atoms with E-state index < -0.39 is 16.0 Å². The summed E-state index contributed by atoms with van der Waals surface area (Å²) in [5.74, 6) is -0.158. The summed E-state index contributed by atoms with van der Waals surface area (Å²) >= 11 is 1.41. The molecule has 0 fully saturated rings. The molecule has 0 N–H and O–H groups in total. The van der Waals surface area contributed by atoms with Crippen molar-refractivity contribution < 1.29 is 22.4 Å². The first-order valence-electron chi connectivity index (χ1n) is 7.03. The Labute approximate surface area is 139 Å². The van der Waals surface area contributed by atoms with Crippen LogP contribution < -0.4 is 0 Å². The third-order valence-corrected chi connectivity index (χ3v) is 6.31. The summed E-state index contributed by atoms with van der Waals surface area (Å²) < 4.78 is 35.3. The van der Waals surface area contributed by atoms with Crippen molar-refractivity contribution in [1.82, 2.24) is 4.31 Å². The molecule has 0 unspecified atom stereocenters. The lowest BCUT2D eigenvalue weighted by molar-refractivity contribution is 0.0446. The van der Waals surface area contributed by atoms with Crippen molar-refractivity contribution in [2.24, 2.45) is 0 Å². The van der Waals surface area contributed by atoms with E-state index in [0.717, 1.165) is 21.2 Å². The van der Waals surface area contributed by atoms with E-state index in [4.69, 9.17) is 9.15 Å². The van der Waals surface area contributed by atoms with Gasteiger partial charge < -0.3 is 9.15 Å². The van der Waals surface area contributed by atoms with Crippen molar-refractivity contribution in [3.05, 3.63) is 39.3 Å². The molecule has 0 aliphatic carbocycles. The van der Waals surface area contributed by atoms with Crippen LogP contribution in [0.3, 0.4) is 0 Å². The number of nitrogens with zero attached hydrogens (tertiary/aromatic N) is 1. The second-order valence-electron chi connectivity index (χ2n) is 5.15. The largest absolute Gasteiger partial charge is 0.453 e. The Kier molecular flexibility index (Phi) is 5.28. The highest BCUT2D eigenvalue weighted by molar-refractivity contribution is 7.88. The summed E-state index contributed by atoms with van der Waals surface area (Å²) in [5, 5.41) is -0.172. The van der Waals surface area contributed by atoms with Crippen LogP contribution in [0.15, 0.2) is 27.7 Å². The molecule has 6 nitrogen and oxygen atoms in total. The molecule has 0 amide bonds. The molecule has 2 aromatic rings. The van der Waals surface area contributed by atoms with E-state index in [1.807, 2.05) is 13.8 Å². The van der Waals surface area contributed by atoms with Crippen LogP contribution in [0.4, 0.5) is 0 Å². The number of furan rings is 1. The van der Waals surface area contributed by atoms with Crippen molar-refractivity contribution in [2.75, 3.05) is 14.1 Å². The van der Waals surface area contributed by atoms with Gasteiger partial charge in [0.05, 0.1) is 0 Å². The van der Waals surface area contributed by atoms with Gasteiger partial charge in [0.25, 0.3) is 10.0 Å². The average molecular weight is 357 g/mol. The summed E-state index contributed by atoms with van der Waals surface area (Å²) in [6.07, 6.45) is 0.869. The molecular formula is C15H19NO5S2. The van der Waals surface area contributed by atoms with Gasteiger partial charge in [-0.2, -0.15) is 0 Å². The minimum Gasteiger partial charge on any atom is -0.453 e. The lowest BCUT2D eigenvalue weighted by Crippen LogP contribution is -2.21. The van der Waals surface area contributed by atoms with E-state index in [9.17, 15) is 13.2 Å². The molecule has 0 atom stereocenters. The lowest BCUT2D eigenvalue weighted by Gasteiger charge is -2.07. The van der Waals surface area contributed by atoms with Crippen LogP contribution in [0, 0.1) is 6.92 Å². The molecular weight excluding hydrogens is 338 g/mol. The van der Waals surface area contributed by atoms with Crippen LogP contribution in [0.25, 0.3) is 0 Å². The Balaban J connectivity index is 2.04. The van der Waals surface area contributed by atoms with Crippen molar-refractivity contribution in [1.29, 1.82) is 0 Å². The van der Waals surface area contributed by atoms with E-state index in [1.54, 1.807) is 6.07 Å². The summed E-state index contributed by atoms with van der Waals surface area (Å²) in [5.41, 5.74) is 1.07. The summed E-state index contributed by atoms with van der Waals surface area (Å²) in [6.45, 7) is 3.88. The van der Waals surface area contributed by atoms with Gasteiger partial charge in [0.2, 0.25) is 5.09 Å². The number of hydrogen-bond donors (Lipinski definition) is 0. The highest BCUT2D eigenvalue weighted by Crippen LogP contribution is 2.24. The van der Waals surface area contributed by atoms with Gasteiger partial charge >= 0.3 is 5.97 Å². The molecule has 23 heavy (non-hydrogen) atoms. The minimum atomic E-state index is -3.62. The maximum absolute atomic E-state index is 12.0. The standard InChI is InChI=1S/C15H19NO5S2/c1-5-12-10(2)8-13(22-12)15(17)20-9-11-6-7-14(21-11)23(18,19)16(3)4/h6-8H,5,9H2,1-4H3. The SMILES string of the molecule is CCc1sc(C(=O)OCc2ccc(S(=O)(=O)N(C)C)o2)cc1C. The smallest absolute Gasteiger partial charge is 0.348 e. The number of carbonyl (C=O) groups is 1. The number of ether oxygens (including phenoxy) is 1. The maximum atomic E-state index is 12.0. The Hall–Kier alpha value is -1.64. The van der Waals surface area contributed by atoms with E-state index in [1.165, 1.54) is 37.6 Å². The van der Waals surface area contributed by atoms with Crippen molar-refractivity contribution in [3.63, 3.8) is 0 Å². The highest BCUT2D eigenvalue weighted by atomic mass is 32.2. The molecule has 0 spiro atoms. The van der Waals surface area contributed by atoms with Crippen LogP contribution in [0.5, 0.6) is 0 Å². The monoisotopic (exact) mass is 357 g/mol. The zero-order chi connectivity index (χ0) is 17.2. The average Bonchev–Trinajstić information content (AvgIpc) is 3.11. The Morgan fingerprint density at radius 3 is 2.61 bits per heavy atom. The molecule has 0 radical (unpaired) electrons. The first kappa shape index (κ1) is 17.7. The number of thiophene rings is 1. The molecule has 0 saturated carbocycles. The van der Waals surface area contributed by atoms with E-state index >= 15 is 0 Å². The van der Waals surface area contributed by atoms with Crippen LogP contribution in [0.1, 0.15) is 32.8 Å². The molecule has 8 heteroatoms. The fourth-order valence-electron chi connectivity index (χ4n) is 1.93. The van der Waals surface area contributed by atoms with Gasteiger partial charge in [-0.1, -0.05) is 6.92 Å². The second-order valence-corrected chi connectivity index (χ2v) is 8.37. The molecule has 126 valence electrons. The Bertz CT molecular complexity index is 802. The first-order valence-corrected chi connectivity index (χ1v) is 9.29. The van der Waals surface area contributed by atoms with Gasteiger partial charge in [0, 0.05) is 19.0 Å². The fourth-order valence-corrected chi connectivity index (χ4v) is 3.75. The van der Waals surface area contributed by atoms with Gasteiger partial charge in [0.15, 0.2) is 0 Å². The van der Waals surface area contributed by atoms with Gasteiger partial charge in [-0.15, -0.1) is 11.3 Å². The van der Waals surface area contributed by atoms with Crippen LogP contribution in [-0.4, -0.2) is 32.8 Å². The Morgan fingerprint density at radius 1 is 1.35 bits per heavy atom. The van der Waals surface area contributed by atoms with Crippen molar-refractivity contribution >= 4 is 27.3 Å². The van der Waals surface area contributed by atoms with E-state index in [-0.39, 0.29) is 17.5 Å². The number of rotatable bonds is 6. The second kappa shape index (κ2) is 6.86. The number of hydrogen-bond acceptors (Lipinski definition) is 6. The normalized spacial score (nSPS) is 11.9. The van der Waals surface area contributed by atoms with Crippen LogP contribution in [-0.2, 0) is 27.8 Å². The van der Waals surface area contributed by atoms with E-state index in [2.05, 4.69) is 0 Å². The maximum Gasteiger partial charge on any atom is 0.348 e. The fraction of sp³-hybridized carbons (Fsp3) is 0.400.